The molecule has 0 radical (unpaired) electrons. The summed E-state index contributed by atoms with van der Waals surface area (Å²) in [6.45, 7) is 0.906. The Kier molecular flexibility index (Phi) is 6.04. The Bertz CT molecular complexity index is 825. The van der Waals surface area contributed by atoms with Gasteiger partial charge >= 0.3 is 12.2 Å². The fourth-order valence-electron chi connectivity index (χ4n) is 2.60. The van der Waals surface area contributed by atoms with Gasteiger partial charge in [0.25, 0.3) is 0 Å². The van der Waals surface area contributed by atoms with Crippen LogP contribution in [-0.2, 0) is 11.0 Å². The average Bonchev–Trinajstić information content (AvgIpc) is 2.60. The zero-order valence-corrected chi connectivity index (χ0v) is 14.3. The van der Waals surface area contributed by atoms with E-state index in [9.17, 15) is 27.2 Å². The summed E-state index contributed by atoms with van der Waals surface area (Å²) in [5, 5.41) is 2.13. The largest absolute Gasteiger partial charge is 0.416 e. The van der Waals surface area contributed by atoms with Crippen molar-refractivity contribution in [1.29, 1.82) is 0 Å². The summed E-state index contributed by atoms with van der Waals surface area (Å²) in [5.74, 6) is -1.54. The zero-order chi connectivity index (χ0) is 20.2. The number of alkyl halides is 3. The number of amides is 3. The van der Waals surface area contributed by atoms with Crippen molar-refractivity contribution in [1.82, 2.24) is 5.32 Å². The van der Waals surface area contributed by atoms with Gasteiger partial charge < -0.3 is 16.0 Å². The molecule has 3 N–H and O–H groups in total. The van der Waals surface area contributed by atoms with E-state index in [1.54, 1.807) is 30.3 Å². The van der Waals surface area contributed by atoms with Crippen molar-refractivity contribution in [2.45, 2.75) is 19.1 Å². The maximum atomic E-state index is 14.3. The van der Waals surface area contributed by atoms with Gasteiger partial charge in [0.05, 0.1) is 18.2 Å². The Morgan fingerprint density at radius 3 is 2.33 bits per heavy atom. The minimum atomic E-state index is -4.66. The summed E-state index contributed by atoms with van der Waals surface area (Å²) in [7, 11) is 0. The Morgan fingerprint density at radius 2 is 1.78 bits per heavy atom. The highest BCUT2D eigenvalue weighted by atomic mass is 19.4. The van der Waals surface area contributed by atoms with E-state index in [1.165, 1.54) is 6.92 Å². The molecule has 0 unspecified atom stereocenters. The molecule has 0 aromatic heterocycles. The average molecular weight is 383 g/mol. The van der Waals surface area contributed by atoms with Gasteiger partial charge in [0.2, 0.25) is 5.91 Å². The second-order valence-electron chi connectivity index (χ2n) is 5.73. The third-order valence-electron chi connectivity index (χ3n) is 3.88. The Morgan fingerprint density at radius 1 is 1.15 bits per heavy atom. The van der Waals surface area contributed by atoms with E-state index in [0.29, 0.717) is 23.9 Å². The van der Waals surface area contributed by atoms with Crippen molar-refractivity contribution in [3.8, 4) is 0 Å². The molecule has 0 aliphatic rings. The van der Waals surface area contributed by atoms with Crippen molar-refractivity contribution in [3.05, 3.63) is 65.5 Å². The van der Waals surface area contributed by atoms with Gasteiger partial charge in [-0.05, 0) is 37.3 Å². The minimum absolute atomic E-state index is 0.305. The van der Waals surface area contributed by atoms with Gasteiger partial charge in [-0.3, -0.25) is 4.79 Å². The molecule has 0 heterocycles. The molecule has 1 atom stereocenters. The number of hydrogen-bond donors (Lipinski definition) is 2. The number of hydrogen-bond acceptors (Lipinski definition) is 2. The predicted molar refractivity (Wildman–Crippen MR) is 91.3 cm³/mol. The van der Waals surface area contributed by atoms with Crippen LogP contribution >= 0.6 is 0 Å². The van der Waals surface area contributed by atoms with Crippen LogP contribution in [0.5, 0.6) is 0 Å². The molecule has 0 saturated carbocycles. The van der Waals surface area contributed by atoms with E-state index in [4.69, 9.17) is 5.73 Å². The van der Waals surface area contributed by atoms with Crippen LogP contribution in [0.15, 0.2) is 48.5 Å². The van der Waals surface area contributed by atoms with Crippen molar-refractivity contribution in [2.75, 3.05) is 11.4 Å². The first-order chi connectivity index (χ1) is 12.6. The SMILES string of the molecule is C[C@@H](c1cc(C(F)(F)F)ccc1F)N(C(=O)CNC(N)=O)c1ccccc1. The number of nitrogens with two attached hydrogens (primary N) is 1. The molecule has 2 aromatic carbocycles. The third kappa shape index (κ3) is 4.96. The van der Waals surface area contributed by atoms with Gasteiger partial charge in [0, 0.05) is 11.3 Å². The molecule has 0 bridgehead atoms. The number of urea groups is 1. The fourth-order valence-corrected chi connectivity index (χ4v) is 2.60. The first kappa shape index (κ1) is 20.2. The summed E-state index contributed by atoms with van der Waals surface area (Å²) >= 11 is 0. The van der Waals surface area contributed by atoms with E-state index in [-0.39, 0.29) is 5.56 Å². The number of anilines is 1. The lowest BCUT2D eigenvalue weighted by atomic mass is 10.0. The van der Waals surface area contributed by atoms with Crippen molar-refractivity contribution in [3.63, 3.8) is 0 Å². The summed E-state index contributed by atoms with van der Waals surface area (Å²) < 4.78 is 53.2. The number of nitrogens with zero attached hydrogens (tertiary/aromatic N) is 1. The second kappa shape index (κ2) is 8.07. The number of carbonyl (C=O) groups is 2. The number of para-hydroxylation sites is 1. The van der Waals surface area contributed by atoms with Gasteiger partial charge in [0.1, 0.15) is 5.82 Å². The normalized spacial score (nSPS) is 12.3. The molecule has 2 rings (SSSR count). The highest BCUT2D eigenvalue weighted by Gasteiger charge is 2.33. The van der Waals surface area contributed by atoms with Crippen LogP contribution in [0.25, 0.3) is 0 Å². The molecule has 27 heavy (non-hydrogen) atoms. The predicted octanol–water partition coefficient (Wildman–Crippen LogP) is 3.61. The molecular weight excluding hydrogens is 366 g/mol. The zero-order valence-electron chi connectivity index (χ0n) is 14.3. The lowest BCUT2D eigenvalue weighted by Crippen LogP contribution is -2.43. The fraction of sp³-hybridized carbons (Fsp3) is 0.222. The topological polar surface area (TPSA) is 75.4 Å². The van der Waals surface area contributed by atoms with Crippen molar-refractivity contribution >= 4 is 17.6 Å². The van der Waals surface area contributed by atoms with Gasteiger partial charge in [0.15, 0.2) is 0 Å². The molecule has 0 spiro atoms. The van der Waals surface area contributed by atoms with Crippen LogP contribution in [0.1, 0.15) is 24.1 Å². The van der Waals surface area contributed by atoms with Crippen LogP contribution in [0.3, 0.4) is 0 Å². The van der Waals surface area contributed by atoms with Gasteiger partial charge in [-0.2, -0.15) is 13.2 Å². The van der Waals surface area contributed by atoms with Crippen LogP contribution in [0.4, 0.5) is 28.0 Å². The lowest BCUT2D eigenvalue weighted by molar-refractivity contribution is -0.137. The van der Waals surface area contributed by atoms with E-state index in [1.807, 2.05) is 0 Å². The smallest absolute Gasteiger partial charge is 0.352 e. The molecule has 144 valence electrons. The highest BCUT2D eigenvalue weighted by Crippen LogP contribution is 2.34. The summed E-state index contributed by atoms with van der Waals surface area (Å²) in [6.07, 6.45) is -4.66. The third-order valence-corrected chi connectivity index (χ3v) is 3.88. The van der Waals surface area contributed by atoms with Gasteiger partial charge in [-0.15, -0.1) is 0 Å². The molecule has 0 saturated heterocycles. The number of carbonyl (C=O) groups excluding carboxylic acids is 2. The van der Waals surface area contributed by atoms with Crippen molar-refractivity contribution in [2.24, 2.45) is 5.73 Å². The van der Waals surface area contributed by atoms with Gasteiger partial charge in [-0.25, -0.2) is 9.18 Å². The van der Waals surface area contributed by atoms with E-state index in [0.717, 1.165) is 4.90 Å². The lowest BCUT2D eigenvalue weighted by Gasteiger charge is -2.30. The Labute approximate surface area is 152 Å². The van der Waals surface area contributed by atoms with Crippen LogP contribution in [-0.4, -0.2) is 18.5 Å². The standard InChI is InChI=1S/C18H17F4N3O2/c1-11(14-9-12(18(20,21)22)7-8-15(14)19)25(13-5-3-2-4-6-13)16(26)10-24-17(23)27/h2-9,11H,10H2,1H3,(H3,23,24,27)/t11-/m0/s1. The number of halogens is 4. The molecule has 5 nitrogen and oxygen atoms in total. The summed E-state index contributed by atoms with van der Waals surface area (Å²) in [5.41, 5.74) is 3.95. The first-order valence-electron chi connectivity index (χ1n) is 7.88. The molecule has 0 aliphatic heterocycles. The Balaban J connectivity index is 2.46. The molecule has 0 fully saturated rings. The van der Waals surface area contributed by atoms with Crippen LogP contribution in [0, 0.1) is 5.82 Å². The number of rotatable bonds is 5. The number of benzene rings is 2. The molecule has 9 heteroatoms. The molecular formula is C18H17F4N3O2. The molecule has 3 amide bonds. The maximum Gasteiger partial charge on any atom is 0.416 e. The van der Waals surface area contributed by atoms with Crippen LogP contribution < -0.4 is 16.0 Å². The monoisotopic (exact) mass is 383 g/mol. The highest BCUT2D eigenvalue weighted by molar-refractivity contribution is 5.97. The van der Waals surface area contributed by atoms with Gasteiger partial charge in [-0.1, -0.05) is 18.2 Å². The van der Waals surface area contributed by atoms with E-state index >= 15 is 0 Å². The first-order valence-corrected chi connectivity index (χ1v) is 7.88. The second-order valence-corrected chi connectivity index (χ2v) is 5.73. The molecule has 0 aliphatic carbocycles. The van der Waals surface area contributed by atoms with E-state index in [2.05, 4.69) is 5.32 Å². The van der Waals surface area contributed by atoms with Crippen molar-refractivity contribution < 1.29 is 27.2 Å². The maximum absolute atomic E-state index is 14.3. The van der Waals surface area contributed by atoms with Crippen LogP contribution in [0.2, 0.25) is 0 Å². The summed E-state index contributed by atoms with van der Waals surface area (Å²) in [4.78, 5) is 24.5. The minimum Gasteiger partial charge on any atom is -0.352 e. The Hall–Kier alpha value is -3.10. The quantitative estimate of drug-likeness (QED) is 0.774. The summed E-state index contributed by atoms with van der Waals surface area (Å²) in [6, 6.07) is 8.02. The number of nitrogens with one attached hydrogen (secondary N) is 1. The van der Waals surface area contributed by atoms with E-state index < -0.39 is 42.1 Å². The number of primary amides is 1. The molecule has 2 aromatic rings.